The highest BCUT2D eigenvalue weighted by atomic mass is 32.2. The lowest BCUT2D eigenvalue weighted by Gasteiger charge is -2.12. The molecule has 4 aromatic rings. The lowest BCUT2D eigenvalue weighted by molar-refractivity contribution is -0.146. The van der Waals surface area contributed by atoms with Crippen LogP contribution < -0.4 is 11.4 Å². The lowest BCUT2D eigenvalue weighted by Crippen LogP contribution is -2.21. The lowest BCUT2D eigenvalue weighted by atomic mass is 10.0. The van der Waals surface area contributed by atoms with Crippen LogP contribution >= 0.6 is 11.8 Å². The standard InChI is InChI=1S/C18H12F3N5OS/c19-18(20,21)16-24-25-17(26(16)22)28-14-13(10-6-2-1-3-7-10)11-8-4-5-9-12(11)23-15(14)27/h1-9H,22H2,(H,23,27). The number of rotatable bonds is 3. The van der Waals surface area contributed by atoms with Crippen LogP contribution in [-0.2, 0) is 6.18 Å². The second kappa shape index (κ2) is 6.71. The van der Waals surface area contributed by atoms with E-state index in [1.54, 1.807) is 12.1 Å². The molecule has 0 amide bonds. The van der Waals surface area contributed by atoms with E-state index in [0.717, 1.165) is 22.7 Å². The number of alkyl halides is 3. The molecule has 10 heteroatoms. The van der Waals surface area contributed by atoms with Crippen molar-refractivity contribution in [3.63, 3.8) is 0 Å². The maximum atomic E-state index is 13.0. The number of pyridine rings is 1. The highest BCUT2D eigenvalue weighted by Gasteiger charge is 2.38. The van der Waals surface area contributed by atoms with Crippen molar-refractivity contribution >= 4 is 22.7 Å². The molecule has 28 heavy (non-hydrogen) atoms. The first-order chi connectivity index (χ1) is 13.4. The second-order valence-corrected chi connectivity index (χ2v) is 6.82. The van der Waals surface area contributed by atoms with Crippen molar-refractivity contribution in [2.45, 2.75) is 16.2 Å². The van der Waals surface area contributed by atoms with Gasteiger partial charge in [0.2, 0.25) is 5.16 Å². The molecule has 0 aliphatic carbocycles. The first-order valence-electron chi connectivity index (χ1n) is 8.02. The fraction of sp³-hybridized carbons (Fsp3) is 0.0556. The Balaban J connectivity index is 1.94. The zero-order chi connectivity index (χ0) is 19.9. The number of halogens is 3. The second-order valence-electron chi connectivity index (χ2n) is 5.85. The largest absolute Gasteiger partial charge is 0.453 e. The predicted octanol–water partition coefficient (Wildman–Crippen LogP) is 3.67. The van der Waals surface area contributed by atoms with Gasteiger partial charge in [0, 0.05) is 16.5 Å². The van der Waals surface area contributed by atoms with Crippen LogP contribution in [0.5, 0.6) is 0 Å². The van der Waals surface area contributed by atoms with Crippen LogP contribution in [0, 0.1) is 0 Å². The summed E-state index contributed by atoms with van der Waals surface area (Å²) >= 11 is 0.735. The smallest absolute Gasteiger partial charge is 0.335 e. The monoisotopic (exact) mass is 403 g/mol. The molecule has 6 nitrogen and oxygen atoms in total. The number of hydrogen-bond acceptors (Lipinski definition) is 5. The number of nitrogens with zero attached hydrogens (tertiary/aromatic N) is 3. The number of H-pyrrole nitrogens is 1. The van der Waals surface area contributed by atoms with Gasteiger partial charge in [-0.05, 0) is 23.4 Å². The van der Waals surface area contributed by atoms with Crippen molar-refractivity contribution in [1.29, 1.82) is 0 Å². The molecule has 3 N–H and O–H groups in total. The van der Waals surface area contributed by atoms with Crippen LogP contribution in [0.4, 0.5) is 13.2 Å². The molecule has 0 saturated heterocycles. The first kappa shape index (κ1) is 18.1. The average Bonchev–Trinajstić information content (AvgIpc) is 3.04. The van der Waals surface area contributed by atoms with Gasteiger partial charge in [-0.1, -0.05) is 48.5 Å². The summed E-state index contributed by atoms with van der Waals surface area (Å²) in [6.07, 6.45) is -4.75. The fourth-order valence-corrected chi connectivity index (χ4v) is 3.77. The van der Waals surface area contributed by atoms with Crippen molar-refractivity contribution in [2.75, 3.05) is 5.84 Å². The number of aromatic nitrogens is 4. The summed E-state index contributed by atoms with van der Waals surface area (Å²) in [5, 5.41) is 7.12. The molecule has 4 rings (SSSR count). The van der Waals surface area contributed by atoms with Crippen LogP contribution in [0.15, 0.2) is 69.4 Å². The maximum absolute atomic E-state index is 13.0. The molecule has 2 aromatic carbocycles. The highest BCUT2D eigenvalue weighted by Crippen LogP contribution is 2.38. The van der Waals surface area contributed by atoms with E-state index in [1.165, 1.54) is 0 Å². The Bertz CT molecular complexity index is 1220. The van der Waals surface area contributed by atoms with E-state index in [2.05, 4.69) is 15.2 Å². The average molecular weight is 403 g/mol. The van der Waals surface area contributed by atoms with Gasteiger partial charge in [-0.2, -0.15) is 13.2 Å². The minimum Gasteiger partial charge on any atom is -0.335 e. The molecular formula is C18H12F3N5OS. The normalized spacial score (nSPS) is 11.8. The summed E-state index contributed by atoms with van der Waals surface area (Å²) in [5.74, 6) is 4.19. The van der Waals surface area contributed by atoms with Crippen molar-refractivity contribution in [2.24, 2.45) is 0 Å². The van der Waals surface area contributed by atoms with Crippen LogP contribution in [0.3, 0.4) is 0 Å². The summed E-state index contributed by atoms with van der Waals surface area (Å²) < 4.78 is 39.2. The molecule has 0 radical (unpaired) electrons. The summed E-state index contributed by atoms with van der Waals surface area (Å²) in [4.78, 5) is 15.7. The first-order valence-corrected chi connectivity index (χ1v) is 8.84. The predicted molar refractivity (Wildman–Crippen MR) is 99.3 cm³/mol. The third-order valence-electron chi connectivity index (χ3n) is 4.05. The molecule has 0 atom stereocenters. The van der Waals surface area contributed by atoms with Gasteiger partial charge in [0.25, 0.3) is 11.4 Å². The van der Waals surface area contributed by atoms with Crippen LogP contribution in [0.2, 0.25) is 0 Å². The molecular weight excluding hydrogens is 391 g/mol. The Morgan fingerprint density at radius 3 is 2.36 bits per heavy atom. The summed E-state index contributed by atoms with van der Waals surface area (Å²) in [5.41, 5.74) is 1.48. The van der Waals surface area contributed by atoms with Gasteiger partial charge in [-0.15, -0.1) is 10.2 Å². The van der Waals surface area contributed by atoms with Crippen molar-refractivity contribution in [3.8, 4) is 11.1 Å². The third-order valence-corrected chi connectivity index (χ3v) is 5.11. The molecule has 0 bridgehead atoms. The van der Waals surface area contributed by atoms with E-state index >= 15 is 0 Å². The van der Waals surface area contributed by atoms with Crippen LogP contribution in [-0.4, -0.2) is 19.9 Å². The summed E-state index contributed by atoms with van der Waals surface area (Å²) in [7, 11) is 0. The fourth-order valence-electron chi connectivity index (χ4n) is 2.85. The van der Waals surface area contributed by atoms with Gasteiger partial charge < -0.3 is 10.8 Å². The molecule has 0 spiro atoms. The van der Waals surface area contributed by atoms with Crippen molar-refractivity contribution < 1.29 is 13.2 Å². The Hall–Kier alpha value is -3.27. The minimum absolute atomic E-state index is 0.178. The number of fused-ring (bicyclic) bond motifs is 1. The topological polar surface area (TPSA) is 89.6 Å². The van der Waals surface area contributed by atoms with E-state index < -0.39 is 17.6 Å². The van der Waals surface area contributed by atoms with Gasteiger partial charge >= 0.3 is 6.18 Å². The molecule has 2 heterocycles. The van der Waals surface area contributed by atoms with Crippen molar-refractivity contribution in [1.82, 2.24) is 19.9 Å². The van der Waals surface area contributed by atoms with E-state index in [1.807, 2.05) is 42.5 Å². The van der Waals surface area contributed by atoms with Gasteiger partial charge in [0.1, 0.15) is 0 Å². The summed E-state index contributed by atoms with van der Waals surface area (Å²) in [6.45, 7) is 0. The summed E-state index contributed by atoms with van der Waals surface area (Å²) in [6, 6.07) is 16.3. The van der Waals surface area contributed by atoms with Crippen molar-refractivity contribution in [3.05, 3.63) is 70.8 Å². The molecule has 0 saturated carbocycles. The number of nitrogens with one attached hydrogen (secondary N) is 1. The minimum atomic E-state index is -4.75. The van der Waals surface area contributed by atoms with E-state index in [4.69, 9.17) is 5.84 Å². The number of nitrogen functional groups attached to an aromatic ring is 1. The zero-order valence-electron chi connectivity index (χ0n) is 14.1. The molecule has 142 valence electrons. The number of aromatic amines is 1. The zero-order valence-corrected chi connectivity index (χ0v) is 14.9. The molecule has 2 aromatic heterocycles. The Morgan fingerprint density at radius 2 is 1.68 bits per heavy atom. The maximum Gasteiger partial charge on any atom is 0.453 e. The van der Waals surface area contributed by atoms with E-state index in [0.29, 0.717) is 15.8 Å². The van der Waals surface area contributed by atoms with Crippen LogP contribution in [0.1, 0.15) is 5.82 Å². The number of hydrogen-bond donors (Lipinski definition) is 2. The van der Waals surface area contributed by atoms with E-state index in [9.17, 15) is 18.0 Å². The van der Waals surface area contributed by atoms with E-state index in [-0.39, 0.29) is 10.1 Å². The molecule has 0 fully saturated rings. The third kappa shape index (κ3) is 3.11. The van der Waals surface area contributed by atoms with Gasteiger partial charge in [-0.3, -0.25) is 4.79 Å². The van der Waals surface area contributed by atoms with Crippen LogP contribution in [0.25, 0.3) is 22.0 Å². The SMILES string of the molecule is Nn1c(Sc2c(-c3ccccc3)c3ccccc3[nH]c2=O)nnc1C(F)(F)F. The van der Waals surface area contributed by atoms with Gasteiger partial charge in [0.15, 0.2) is 0 Å². The Labute approximate surface area is 160 Å². The van der Waals surface area contributed by atoms with Gasteiger partial charge in [-0.25, -0.2) is 4.68 Å². The number of nitrogens with two attached hydrogens (primary N) is 1. The number of para-hydroxylation sites is 1. The quantitative estimate of drug-likeness (QED) is 0.510. The Kier molecular flexibility index (Phi) is 4.34. The Morgan fingerprint density at radius 1 is 1.00 bits per heavy atom. The number of benzene rings is 2. The van der Waals surface area contributed by atoms with Gasteiger partial charge in [0.05, 0.1) is 4.90 Å². The molecule has 0 aliphatic rings. The molecule has 0 unspecified atom stereocenters. The highest BCUT2D eigenvalue weighted by molar-refractivity contribution is 7.99. The molecule has 0 aliphatic heterocycles.